The molecule has 12 nitrogen and oxygen atoms in total. The van der Waals surface area contributed by atoms with Crippen LogP contribution in [-0.2, 0) is 42.7 Å². The molecular formula is C45H49ClIN4O8S-. The molecule has 3 aromatic carbocycles. The van der Waals surface area contributed by atoms with Gasteiger partial charge in [0.1, 0.15) is 11.9 Å². The molecule has 60 heavy (non-hydrogen) atoms. The predicted octanol–water partition coefficient (Wildman–Crippen LogP) is 4.17. The number of hydrogen-bond acceptors (Lipinski definition) is 10. The standard InChI is InChI=1S/C45H49ClIN4O8S/c1-45(2,33-10-13-37(14-11-33)59-29-35-17-19-47-26-42(49-35)50-60(3,55)56)34-24-31(27-48)43(39(46)25-34)58-21-6-20-57-22-18-30-9-15-38-32(23-30)28-51(44(38)54)40-16-12-36(52)7-4-5-8-41(40)53/h9-11,13-15,17,19,23-26,40,50H,4-8,12,16,18,20-22,28-29H2,1-3H3/q-1. The van der Waals surface area contributed by atoms with E-state index in [1.165, 1.54) is 0 Å². The van der Waals surface area contributed by atoms with Gasteiger partial charge in [-0.2, -0.15) is 5.26 Å². The molecule has 15 heteroatoms. The maximum atomic E-state index is 13.3. The van der Waals surface area contributed by atoms with Crippen LogP contribution in [0.5, 0.6) is 11.5 Å². The van der Waals surface area contributed by atoms with Gasteiger partial charge in [-0.25, -0.2) is 0 Å². The molecule has 2 heterocycles. The van der Waals surface area contributed by atoms with Crippen LogP contribution in [0, 0.1) is 11.3 Å². The predicted molar refractivity (Wildman–Crippen MR) is 225 cm³/mol. The second-order valence-electron chi connectivity index (χ2n) is 15.5. The number of sulfonamides is 1. The first-order valence-electron chi connectivity index (χ1n) is 19.9. The van der Waals surface area contributed by atoms with Gasteiger partial charge in [-0.05, 0) is 42.9 Å². The zero-order chi connectivity index (χ0) is 42.9. The van der Waals surface area contributed by atoms with Crippen molar-refractivity contribution in [2.75, 3.05) is 32.7 Å². The van der Waals surface area contributed by atoms with E-state index in [-0.39, 0.29) is 24.1 Å². The van der Waals surface area contributed by atoms with Gasteiger partial charge < -0.3 is 14.4 Å². The van der Waals surface area contributed by atoms with Gasteiger partial charge in [0, 0.05) is 44.4 Å². The fourth-order valence-electron chi connectivity index (χ4n) is 7.35. The summed E-state index contributed by atoms with van der Waals surface area (Å²) in [5.74, 6) is 1.31. The van der Waals surface area contributed by atoms with Gasteiger partial charge in [0.25, 0.3) is 5.91 Å². The second kappa shape index (κ2) is 20.3. The van der Waals surface area contributed by atoms with Crippen molar-refractivity contribution in [1.82, 2.24) is 9.62 Å². The van der Waals surface area contributed by atoms with E-state index < -0.39 is 42.7 Å². The molecule has 3 aliphatic rings. The summed E-state index contributed by atoms with van der Waals surface area (Å²) >= 11 is 6.26. The van der Waals surface area contributed by atoms with Crippen LogP contribution in [0.4, 0.5) is 0 Å². The first-order valence-corrected chi connectivity index (χ1v) is 24.7. The minimum atomic E-state index is -3.44. The van der Waals surface area contributed by atoms with Crippen LogP contribution in [0.25, 0.3) is 0 Å². The number of nitriles is 1. The van der Waals surface area contributed by atoms with Crippen LogP contribution in [0.3, 0.4) is 0 Å². The summed E-state index contributed by atoms with van der Waals surface area (Å²) in [5, 5.41) is 10.4. The molecule has 6 rings (SSSR count). The Bertz CT molecular complexity index is 2350. The number of carbonyl (C=O) groups is 3. The SMILES string of the molecule is CC(C)(c1ccc(OCC2=NC(NS(C)(=O)=O)=C[I-]C=C2)cc1)c1cc(Cl)c(OCCCOCCc2ccc3c(c2)CN(C2CCC(=O)CCCCC2=O)C3=O)c(C#N)c1. The fraction of sp³-hybridized carbons (Fsp3) is 0.400. The Morgan fingerprint density at radius 1 is 0.983 bits per heavy atom. The number of nitrogens with one attached hydrogen (secondary N) is 1. The average molecular weight is 968 g/mol. The van der Waals surface area contributed by atoms with Crippen LogP contribution in [0.1, 0.15) is 97.0 Å². The molecule has 0 spiro atoms. The number of hydrogen-bond donors (Lipinski definition) is 1. The number of ether oxygens (including phenoxy) is 3. The van der Waals surface area contributed by atoms with E-state index in [9.17, 15) is 28.1 Å². The van der Waals surface area contributed by atoms with Gasteiger partial charge in [-0.1, -0.05) is 23.7 Å². The minimum absolute atomic E-state index is 0.0426. The Morgan fingerprint density at radius 2 is 1.77 bits per heavy atom. The van der Waals surface area contributed by atoms with Crippen molar-refractivity contribution in [2.24, 2.45) is 4.99 Å². The maximum absolute atomic E-state index is 13.3. The summed E-state index contributed by atoms with van der Waals surface area (Å²) in [5.41, 5.74) is 4.78. The third-order valence-electron chi connectivity index (χ3n) is 10.7. The van der Waals surface area contributed by atoms with Crippen molar-refractivity contribution >= 4 is 44.8 Å². The number of carbonyl (C=O) groups excluding carboxylic acids is 3. The first kappa shape index (κ1) is 45.0. The Kier molecular flexibility index (Phi) is 15.2. The van der Waals surface area contributed by atoms with Gasteiger partial charge in [0.05, 0.1) is 29.8 Å². The number of halogens is 2. The van der Waals surface area contributed by atoms with E-state index in [1.807, 2.05) is 72.5 Å². The quantitative estimate of drug-likeness (QED) is 0.164. The Hall–Kier alpha value is -4.56. The van der Waals surface area contributed by atoms with Crippen molar-refractivity contribution in [3.05, 3.63) is 113 Å². The summed E-state index contributed by atoms with van der Waals surface area (Å²) in [6.45, 7) is 5.84. The van der Waals surface area contributed by atoms with E-state index in [4.69, 9.17) is 25.8 Å². The van der Waals surface area contributed by atoms with E-state index in [0.717, 1.165) is 34.9 Å². The smallest absolute Gasteiger partial charge is 0.491 e. The molecule has 0 radical (unpaired) electrons. The van der Waals surface area contributed by atoms with E-state index in [2.05, 4.69) is 15.8 Å². The van der Waals surface area contributed by atoms with Crippen LogP contribution in [0.2, 0.25) is 5.02 Å². The number of ketones is 2. The normalized spacial score (nSPS) is 17.6. The second-order valence-corrected chi connectivity index (χ2v) is 19.7. The summed E-state index contributed by atoms with van der Waals surface area (Å²) in [7, 11) is -3.44. The number of aliphatic imine (C=N–C) groups is 1. The number of nitrogens with zero attached hydrogens (tertiary/aromatic N) is 3. The number of amides is 1. The van der Waals surface area contributed by atoms with Gasteiger partial charge in [0.15, 0.2) is 11.5 Å². The Morgan fingerprint density at radius 3 is 2.53 bits per heavy atom. The Balaban J connectivity index is 0.963. The molecule has 1 N–H and O–H groups in total. The van der Waals surface area contributed by atoms with Gasteiger partial charge in [0.2, 0.25) is 0 Å². The number of fused-ring (bicyclic) bond motifs is 1. The average Bonchev–Trinajstić information content (AvgIpc) is 3.41. The summed E-state index contributed by atoms with van der Waals surface area (Å²) in [4.78, 5) is 44.5. The molecule has 2 aliphatic heterocycles. The topological polar surface area (TPSA) is 164 Å². The van der Waals surface area contributed by atoms with E-state index in [1.54, 1.807) is 15.0 Å². The zero-order valence-corrected chi connectivity index (χ0v) is 37.7. The molecule has 1 fully saturated rings. The molecule has 0 aromatic heterocycles. The number of Topliss-reactive ketones (excluding diaryl/α,β-unsaturated/α-hetero) is 2. The van der Waals surface area contributed by atoms with Crippen LogP contribution in [-0.4, -0.2) is 75.2 Å². The zero-order valence-electron chi connectivity index (χ0n) is 34.0. The van der Waals surface area contributed by atoms with Crippen molar-refractivity contribution in [3.8, 4) is 17.6 Å². The van der Waals surface area contributed by atoms with Gasteiger partial charge in [-0.15, -0.1) is 0 Å². The Labute approximate surface area is 367 Å². The van der Waals surface area contributed by atoms with Crippen LogP contribution < -0.4 is 35.4 Å². The molecule has 0 bridgehead atoms. The molecular weight excluding hydrogens is 919 g/mol. The first-order chi connectivity index (χ1) is 28.7. The molecule has 3 aromatic rings. The monoisotopic (exact) mass is 967 g/mol. The van der Waals surface area contributed by atoms with Gasteiger partial charge >= 0.3 is 165 Å². The summed E-state index contributed by atoms with van der Waals surface area (Å²) < 4.78 is 47.5. The third kappa shape index (κ3) is 11.8. The fourth-order valence-corrected chi connectivity index (χ4v) is 9.78. The minimum Gasteiger partial charge on any atom is -0.491 e. The van der Waals surface area contributed by atoms with Gasteiger partial charge in [-0.3, -0.25) is 14.4 Å². The van der Waals surface area contributed by atoms with E-state index in [0.29, 0.717) is 110 Å². The van der Waals surface area contributed by atoms with Crippen LogP contribution in [0.15, 0.2) is 79.7 Å². The van der Waals surface area contributed by atoms with Crippen molar-refractivity contribution < 1.29 is 58.2 Å². The molecule has 1 aliphatic carbocycles. The number of benzene rings is 3. The van der Waals surface area contributed by atoms with Crippen molar-refractivity contribution in [1.29, 1.82) is 5.26 Å². The van der Waals surface area contributed by atoms with Crippen molar-refractivity contribution in [2.45, 2.75) is 83.2 Å². The molecule has 0 saturated heterocycles. The summed E-state index contributed by atoms with van der Waals surface area (Å²) in [6.07, 6.45) is 7.19. The van der Waals surface area contributed by atoms with Crippen LogP contribution >= 0.6 is 11.6 Å². The molecule has 1 unspecified atom stereocenters. The molecule has 1 amide bonds. The molecule has 1 saturated carbocycles. The molecule has 1 atom stereocenters. The third-order valence-corrected chi connectivity index (χ3v) is 13.3. The van der Waals surface area contributed by atoms with E-state index >= 15 is 0 Å². The summed E-state index contributed by atoms with van der Waals surface area (Å²) in [6, 6.07) is 18.7. The van der Waals surface area contributed by atoms with Crippen molar-refractivity contribution in [3.63, 3.8) is 0 Å². The molecule has 318 valence electrons. The number of rotatable bonds is 16.